The first kappa shape index (κ1) is 16.6. The molecule has 1 aliphatic carbocycles. The quantitative estimate of drug-likeness (QED) is 0.899. The largest absolute Gasteiger partial charge is 0.330 e. The molecule has 0 spiro atoms. The van der Waals surface area contributed by atoms with Gasteiger partial charge in [0.25, 0.3) is 11.5 Å². The average Bonchev–Trinajstić information content (AvgIpc) is 3.05. The lowest BCUT2D eigenvalue weighted by Crippen LogP contribution is -2.40. The normalized spacial score (nSPS) is 15.4. The van der Waals surface area contributed by atoms with E-state index in [4.69, 9.17) is 0 Å². The molecule has 1 saturated carbocycles. The number of hydrogen-bond donors (Lipinski definition) is 1. The fraction of sp³-hybridized carbons (Fsp3) is 0.533. The molecule has 1 N–H and O–H groups in total. The van der Waals surface area contributed by atoms with Gasteiger partial charge >= 0.3 is 5.69 Å². The van der Waals surface area contributed by atoms with Gasteiger partial charge in [0.05, 0.1) is 0 Å². The fourth-order valence-electron chi connectivity index (χ4n) is 2.93. The lowest BCUT2D eigenvalue weighted by atomic mass is 9.90. The molecule has 0 atom stereocenters. The van der Waals surface area contributed by atoms with Crippen LogP contribution in [0.4, 0.5) is 5.13 Å². The maximum absolute atomic E-state index is 12.3. The van der Waals surface area contributed by atoms with E-state index >= 15 is 0 Å². The topological polar surface area (TPSA) is 98.9 Å². The first-order chi connectivity index (χ1) is 11.5. The molecule has 1 fully saturated rings. The minimum atomic E-state index is -0.632. The van der Waals surface area contributed by atoms with Gasteiger partial charge in [0.1, 0.15) is 10.6 Å². The molecule has 8 nitrogen and oxygen atoms in total. The summed E-state index contributed by atoms with van der Waals surface area (Å²) in [6.45, 7) is 0. The molecule has 128 valence electrons. The molecular formula is C15H19N5O3S. The van der Waals surface area contributed by atoms with Crippen LogP contribution in [0.25, 0.3) is 0 Å². The molecule has 0 radical (unpaired) electrons. The summed E-state index contributed by atoms with van der Waals surface area (Å²) in [7, 11) is 2.83. The molecule has 2 aromatic heterocycles. The third-order valence-corrected chi connectivity index (χ3v) is 5.31. The Morgan fingerprint density at radius 1 is 1.21 bits per heavy atom. The zero-order valence-electron chi connectivity index (χ0n) is 13.6. The second kappa shape index (κ2) is 6.68. The van der Waals surface area contributed by atoms with Crippen molar-refractivity contribution in [3.8, 4) is 0 Å². The van der Waals surface area contributed by atoms with E-state index in [-0.39, 0.29) is 5.56 Å². The number of nitrogens with one attached hydrogen (secondary N) is 1. The van der Waals surface area contributed by atoms with E-state index < -0.39 is 17.2 Å². The van der Waals surface area contributed by atoms with Crippen LogP contribution in [0, 0.1) is 0 Å². The van der Waals surface area contributed by atoms with Crippen molar-refractivity contribution in [2.75, 3.05) is 5.32 Å². The number of hydrogen-bond acceptors (Lipinski definition) is 6. The first-order valence-corrected chi connectivity index (χ1v) is 8.70. The number of rotatable bonds is 3. The fourth-order valence-corrected chi connectivity index (χ4v) is 3.84. The summed E-state index contributed by atoms with van der Waals surface area (Å²) >= 11 is 1.35. The lowest BCUT2D eigenvalue weighted by molar-refractivity contribution is 0.102. The summed E-state index contributed by atoms with van der Waals surface area (Å²) in [5.74, 6) is -0.176. The Balaban J connectivity index is 1.80. The predicted octanol–water partition coefficient (Wildman–Crippen LogP) is 1.24. The Morgan fingerprint density at radius 3 is 2.62 bits per heavy atom. The van der Waals surface area contributed by atoms with Crippen LogP contribution < -0.4 is 16.6 Å². The standard InChI is InChI=1S/C15H19N5O3S/c1-19-8-10(13(22)20(2)15(19)23)11(21)16-14-18-17-12(24-14)9-6-4-3-5-7-9/h8-9H,3-7H2,1-2H3,(H,16,18,21). The van der Waals surface area contributed by atoms with E-state index in [1.165, 1.54) is 55.5 Å². The van der Waals surface area contributed by atoms with Crippen molar-refractivity contribution in [3.63, 3.8) is 0 Å². The number of carbonyl (C=O) groups is 1. The molecule has 9 heteroatoms. The van der Waals surface area contributed by atoms with Crippen molar-refractivity contribution in [3.05, 3.63) is 37.6 Å². The minimum Gasteiger partial charge on any atom is -0.303 e. The molecule has 1 amide bonds. The Kier molecular flexibility index (Phi) is 4.61. The summed E-state index contributed by atoms with van der Waals surface area (Å²) in [6.07, 6.45) is 7.09. The summed E-state index contributed by atoms with van der Waals surface area (Å²) in [4.78, 5) is 36.1. The summed E-state index contributed by atoms with van der Waals surface area (Å²) in [5.41, 5.74) is -1.21. The van der Waals surface area contributed by atoms with Crippen molar-refractivity contribution < 1.29 is 4.79 Å². The van der Waals surface area contributed by atoms with E-state index in [2.05, 4.69) is 15.5 Å². The number of carbonyl (C=O) groups excluding carboxylic acids is 1. The number of amides is 1. The second-order valence-electron chi connectivity index (χ2n) is 6.03. The van der Waals surface area contributed by atoms with E-state index in [0.29, 0.717) is 11.0 Å². The maximum atomic E-state index is 12.3. The van der Waals surface area contributed by atoms with Crippen molar-refractivity contribution in [1.82, 2.24) is 19.3 Å². The molecular weight excluding hydrogens is 330 g/mol. The number of nitrogens with zero attached hydrogens (tertiary/aromatic N) is 4. The number of aryl methyl sites for hydroxylation is 1. The van der Waals surface area contributed by atoms with Crippen LogP contribution in [0.5, 0.6) is 0 Å². The van der Waals surface area contributed by atoms with Crippen LogP contribution in [0.3, 0.4) is 0 Å². The second-order valence-corrected chi connectivity index (χ2v) is 7.04. The van der Waals surface area contributed by atoms with E-state index in [1.807, 2.05) is 0 Å². The molecule has 0 aliphatic heterocycles. The van der Waals surface area contributed by atoms with Gasteiger partial charge in [0, 0.05) is 26.2 Å². The lowest BCUT2D eigenvalue weighted by Gasteiger charge is -2.18. The van der Waals surface area contributed by atoms with Gasteiger partial charge < -0.3 is 4.57 Å². The molecule has 3 rings (SSSR count). The Bertz CT molecular complexity index is 876. The smallest absolute Gasteiger partial charge is 0.303 e. The van der Waals surface area contributed by atoms with Gasteiger partial charge in [-0.2, -0.15) is 0 Å². The predicted molar refractivity (Wildman–Crippen MR) is 90.6 cm³/mol. The Morgan fingerprint density at radius 2 is 1.92 bits per heavy atom. The summed E-state index contributed by atoms with van der Waals surface area (Å²) in [5, 5.41) is 12.1. The van der Waals surface area contributed by atoms with Crippen LogP contribution in [-0.2, 0) is 14.1 Å². The van der Waals surface area contributed by atoms with Crippen molar-refractivity contribution in [2.24, 2.45) is 14.1 Å². The van der Waals surface area contributed by atoms with Crippen LogP contribution in [0.2, 0.25) is 0 Å². The highest BCUT2D eigenvalue weighted by molar-refractivity contribution is 7.15. The summed E-state index contributed by atoms with van der Waals surface area (Å²) in [6, 6.07) is 0. The zero-order valence-corrected chi connectivity index (χ0v) is 14.4. The van der Waals surface area contributed by atoms with Crippen molar-refractivity contribution in [1.29, 1.82) is 0 Å². The van der Waals surface area contributed by atoms with Gasteiger partial charge in [0.2, 0.25) is 5.13 Å². The highest BCUT2D eigenvalue weighted by atomic mass is 32.1. The van der Waals surface area contributed by atoms with Crippen molar-refractivity contribution in [2.45, 2.75) is 38.0 Å². The molecule has 2 heterocycles. The molecule has 1 aliphatic rings. The highest BCUT2D eigenvalue weighted by Gasteiger charge is 2.21. The number of anilines is 1. The molecule has 24 heavy (non-hydrogen) atoms. The Labute approximate surface area is 142 Å². The SMILES string of the molecule is Cn1cc(C(=O)Nc2nnc(C3CCCCC3)s2)c(=O)n(C)c1=O. The van der Waals surface area contributed by atoms with Gasteiger partial charge in [-0.1, -0.05) is 30.6 Å². The molecule has 2 aromatic rings. The Hall–Kier alpha value is -2.29. The highest BCUT2D eigenvalue weighted by Crippen LogP contribution is 2.35. The van der Waals surface area contributed by atoms with E-state index in [1.54, 1.807) is 0 Å². The maximum Gasteiger partial charge on any atom is 0.330 e. The molecule has 0 bridgehead atoms. The van der Waals surface area contributed by atoms with Gasteiger partial charge in [0.15, 0.2) is 0 Å². The average molecular weight is 349 g/mol. The van der Waals surface area contributed by atoms with Crippen LogP contribution in [-0.4, -0.2) is 25.2 Å². The van der Waals surface area contributed by atoms with Crippen LogP contribution >= 0.6 is 11.3 Å². The van der Waals surface area contributed by atoms with Crippen LogP contribution in [0.15, 0.2) is 15.8 Å². The summed E-state index contributed by atoms with van der Waals surface area (Å²) < 4.78 is 2.10. The van der Waals surface area contributed by atoms with Gasteiger partial charge in [-0.25, -0.2) is 4.79 Å². The van der Waals surface area contributed by atoms with E-state index in [0.717, 1.165) is 22.4 Å². The monoisotopic (exact) mass is 349 g/mol. The van der Waals surface area contributed by atoms with E-state index in [9.17, 15) is 14.4 Å². The van der Waals surface area contributed by atoms with Gasteiger partial charge in [-0.05, 0) is 12.8 Å². The molecule has 0 aromatic carbocycles. The first-order valence-electron chi connectivity index (χ1n) is 7.89. The third-order valence-electron chi connectivity index (χ3n) is 4.31. The van der Waals surface area contributed by atoms with Crippen molar-refractivity contribution >= 4 is 22.4 Å². The third kappa shape index (κ3) is 3.16. The van der Waals surface area contributed by atoms with Gasteiger partial charge in [-0.3, -0.25) is 19.5 Å². The minimum absolute atomic E-state index is 0.103. The zero-order chi connectivity index (χ0) is 17.3. The molecule has 0 unspecified atom stereocenters. The van der Waals surface area contributed by atoms with Gasteiger partial charge in [-0.15, -0.1) is 10.2 Å². The molecule has 0 saturated heterocycles. The number of aromatic nitrogens is 4. The van der Waals surface area contributed by atoms with Crippen LogP contribution in [0.1, 0.15) is 53.4 Å².